The molecule has 0 spiro atoms. The number of nitrogens with one attached hydrogen (secondary N) is 3. The minimum absolute atomic E-state index is 0.0304. The molecule has 3 N–H and O–H groups in total. The molecule has 2 aliphatic rings. The van der Waals surface area contributed by atoms with Gasteiger partial charge in [0.15, 0.2) is 5.82 Å². The van der Waals surface area contributed by atoms with Crippen LogP contribution in [-0.2, 0) is 0 Å². The number of alkyl halides is 3. The lowest BCUT2D eigenvalue weighted by Crippen LogP contribution is -2.38. The molecular formula is C28H33ClF3N7O2S. The summed E-state index contributed by atoms with van der Waals surface area (Å²) in [6, 6.07) is 10.2. The van der Waals surface area contributed by atoms with Crippen LogP contribution < -0.4 is 20.1 Å². The van der Waals surface area contributed by atoms with Gasteiger partial charge >= 0.3 is 6.18 Å². The van der Waals surface area contributed by atoms with E-state index in [1.165, 1.54) is 16.8 Å². The summed E-state index contributed by atoms with van der Waals surface area (Å²) in [6.07, 6.45) is -0.313. The van der Waals surface area contributed by atoms with E-state index in [-0.39, 0.29) is 48.0 Å². The van der Waals surface area contributed by atoms with Crippen molar-refractivity contribution >= 4 is 35.3 Å². The molecule has 3 aromatic rings. The molecule has 0 aromatic carbocycles. The van der Waals surface area contributed by atoms with Crippen LogP contribution in [0.2, 0.25) is 5.15 Å². The van der Waals surface area contributed by atoms with Crippen molar-refractivity contribution in [3.05, 3.63) is 53.3 Å². The van der Waals surface area contributed by atoms with Crippen LogP contribution >= 0.6 is 23.5 Å². The summed E-state index contributed by atoms with van der Waals surface area (Å²) in [4.78, 5) is 21.6. The number of aromatic nitrogens is 4. The Labute approximate surface area is 251 Å². The largest absolute Gasteiger partial charge is 0.477 e. The average Bonchev–Trinajstić information content (AvgIpc) is 3.47. The molecule has 1 aliphatic carbocycles. The van der Waals surface area contributed by atoms with E-state index in [9.17, 15) is 18.0 Å². The third-order valence-electron chi connectivity index (χ3n) is 8.03. The third-order valence-corrected chi connectivity index (χ3v) is 9.04. The molecule has 1 atom stereocenters. The third kappa shape index (κ3) is 7.12. The molecule has 1 aliphatic heterocycles. The van der Waals surface area contributed by atoms with Crippen LogP contribution in [0.3, 0.4) is 0 Å². The highest BCUT2D eigenvalue weighted by Crippen LogP contribution is 2.59. The van der Waals surface area contributed by atoms with Gasteiger partial charge < -0.3 is 15.4 Å². The maximum Gasteiger partial charge on any atom is 0.394 e. The van der Waals surface area contributed by atoms with Crippen molar-refractivity contribution in [1.29, 1.82) is 0 Å². The minimum Gasteiger partial charge on any atom is -0.477 e. The molecule has 2 fully saturated rings. The summed E-state index contributed by atoms with van der Waals surface area (Å²) in [5.41, 5.74) is -1.32. The molecule has 14 heteroatoms. The van der Waals surface area contributed by atoms with Crippen LogP contribution in [0.5, 0.6) is 5.88 Å². The number of carbonyl (C=O) groups excluding carboxylic acids is 1. The first-order valence-corrected chi connectivity index (χ1v) is 15.0. The maximum atomic E-state index is 13.1. The smallest absolute Gasteiger partial charge is 0.394 e. The van der Waals surface area contributed by atoms with Crippen LogP contribution in [0.15, 0.2) is 47.6 Å². The Morgan fingerprint density at radius 1 is 1.21 bits per heavy atom. The van der Waals surface area contributed by atoms with Crippen LogP contribution in [0, 0.1) is 11.3 Å². The fourth-order valence-corrected chi connectivity index (χ4v) is 5.92. The number of carbonyl (C=O) groups is 1. The van der Waals surface area contributed by atoms with Crippen molar-refractivity contribution in [2.24, 2.45) is 11.3 Å². The molecule has 3 aromatic heterocycles. The first kappa shape index (κ1) is 30.4. The van der Waals surface area contributed by atoms with Gasteiger partial charge in [-0.15, -0.1) is 5.10 Å². The number of ether oxygens (including phenoxy) is 1. The van der Waals surface area contributed by atoms with Gasteiger partial charge in [-0.2, -0.15) is 13.2 Å². The van der Waals surface area contributed by atoms with E-state index >= 15 is 0 Å². The minimum atomic E-state index is -4.22. The van der Waals surface area contributed by atoms with E-state index < -0.39 is 17.5 Å². The lowest BCUT2D eigenvalue weighted by Gasteiger charge is -2.27. The van der Waals surface area contributed by atoms with E-state index in [1.54, 1.807) is 18.3 Å². The molecule has 5 rings (SSSR count). The summed E-state index contributed by atoms with van der Waals surface area (Å²) in [5, 5.41) is 11.7. The topological polar surface area (TPSA) is 106 Å². The van der Waals surface area contributed by atoms with Crippen LogP contribution in [-0.4, -0.2) is 57.1 Å². The highest BCUT2D eigenvalue weighted by molar-refractivity contribution is 7.97. The number of anilines is 1. The van der Waals surface area contributed by atoms with Gasteiger partial charge in [0, 0.05) is 36.3 Å². The predicted molar refractivity (Wildman–Crippen MR) is 155 cm³/mol. The molecule has 9 nitrogen and oxygen atoms in total. The fourth-order valence-electron chi connectivity index (χ4n) is 5.09. The van der Waals surface area contributed by atoms with Gasteiger partial charge in [0.05, 0.1) is 17.6 Å². The van der Waals surface area contributed by atoms with Crippen molar-refractivity contribution in [3.63, 3.8) is 0 Å². The lowest BCUT2D eigenvalue weighted by molar-refractivity contribution is -0.190. The molecule has 1 saturated carbocycles. The second-order valence-electron chi connectivity index (χ2n) is 11.2. The van der Waals surface area contributed by atoms with Crippen molar-refractivity contribution < 1.29 is 22.7 Å². The number of nitrogens with zero attached hydrogens (tertiary/aromatic N) is 4. The van der Waals surface area contributed by atoms with Crippen LogP contribution in [0.4, 0.5) is 19.0 Å². The predicted octanol–water partition coefficient (Wildman–Crippen LogP) is 6.05. The Morgan fingerprint density at radius 3 is 2.71 bits per heavy atom. The number of halogens is 4. The Bertz CT molecular complexity index is 1410. The van der Waals surface area contributed by atoms with Gasteiger partial charge in [-0.1, -0.05) is 17.7 Å². The molecule has 0 bridgehead atoms. The van der Waals surface area contributed by atoms with E-state index in [4.69, 9.17) is 16.3 Å². The van der Waals surface area contributed by atoms with Crippen molar-refractivity contribution in [3.8, 4) is 11.7 Å². The highest BCUT2D eigenvalue weighted by Gasteiger charge is 2.62. The fraction of sp³-hybridized carbons (Fsp3) is 0.500. The standard InChI is InChI=1S/C28H33ClF3N7O2S/c1-26(2)18(9-15-34-26)8-14-33-20-4-3-5-23(35-20)42-38-25(40)19-6-7-21(36-24(19)29)39-16-10-22(37-39)41-17-13-27(11-12-27)28(30,31)32/h3-7,10,16,18,34H,8-9,11-15,17H2,1-2H3,(H,33,35)(H,38,40). The number of hydrogen-bond acceptors (Lipinski definition) is 8. The Morgan fingerprint density at radius 2 is 2.02 bits per heavy atom. The maximum absolute atomic E-state index is 13.1. The van der Waals surface area contributed by atoms with Gasteiger partial charge in [-0.3, -0.25) is 9.52 Å². The van der Waals surface area contributed by atoms with Gasteiger partial charge in [0.2, 0.25) is 5.88 Å². The first-order chi connectivity index (χ1) is 20.0. The molecule has 42 heavy (non-hydrogen) atoms. The average molecular weight is 624 g/mol. The molecule has 226 valence electrons. The second kappa shape index (κ2) is 12.3. The number of amides is 1. The number of pyridine rings is 2. The molecule has 4 heterocycles. The van der Waals surface area contributed by atoms with Crippen molar-refractivity contribution in [2.75, 3.05) is 25.0 Å². The molecular weight excluding hydrogens is 591 g/mol. The van der Waals surface area contributed by atoms with E-state index in [1.807, 2.05) is 12.1 Å². The van der Waals surface area contributed by atoms with Gasteiger partial charge in [-0.25, -0.2) is 14.6 Å². The van der Waals surface area contributed by atoms with E-state index in [0.717, 1.165) is 43.7 Å². The summed E-state index contributed by atoms with van der Waals surface area (Å²) < 4.78 is 48.8. The quantitative estimate of drug-likeness (QED) is 0.165. The summed E-state index contributed by atoms with van der Waals surface area (Å²) in [7, 11) is 0. The van der Waals surface area contributed by atoms with Crippen molar-refractivity contribution in [1.82, 2.24) is 29.8 Å². The number of rotatable bonds is 12. The SMILES string of the molecule is CC1(C)NCCC1CCNc1cccc(SNC(=O)c2ccc(-n3ccc(OCCC4(C(F)(F)F)CC4)n3)nc2Cl)n1. The van der Waals surface area contributed by atoms with E-state index in [2.05, 4.69) is 44.3 Å². The molecule has 1 amide bonds. The Kier molecular flexibility index (Phi) is 8.91. The van der Waals surface area contributed by atoms with E-state index in [0.29, 0.717) is 16.8 Å². The second-order valence-corrected chi connectivity index (χ2v) is 12.4. The van der Waals surface area contributed by atoms with Gasteiger partial charge in [0.1, 0.15) is 16.0 Å². The molecule has 1 unspecified atom stereocenters. The van der Waals surface area contributed by atoms with Crippen molar-refractivity contribution in [2.45, 2.75) is 62.7 Å². The summed E-state index contributed by atoms with van der Waals surface area (Å²) >= 11 is 7.38. The lowest BCUT2D eigenvalue weighted by atomic mass is 9.86. The van der Waals surface area contributed by atoms with Gasteiger partial charge in [0.25, 0.3) is 5.91 Å². The Balaban J connectivity index is 1.11. The Hall–Kier alpha value is -3.03. The first-order valence-electron chi connectivity index (χ1n) is 13.8. The van der Waals surface area contributed by atoms with Crippen LogP contribution in [0.1, 0.15) is 56.3 Å². The molecule has 1 saturated heterocycles. The van der Waals surface area contributed by atoms with Gasteiger partial charge in [-0.05, 0) is 82.7 Å². The zero-order valence-corrected chi connectivity index (χ0v) is 24.9. The molecule has 0 radical (unpaired) electrons. The normalized spacial score (nSPS) is 19.0. The zero-order valence-electron chi connectivity index (χ0n) is 23.3. The number of hydrogen-bond donors (Lipinski definition) is 3. The highest BCUT2D eigenvalue weighted by atomic mass is 35.5. The zero-order chi connectivity index (χ0) is 30.0. The monoisotopic (exact) mass is 623 g/mol. The summed E-state index contributed by atoms with van der Waals surface area (Å²) in [5.74, 6) is 1.39. The van der Waals surface area contributed by atoms with Crippen LogP contribution in [0.25, 0.3) is 5.82 Å². The summed E-state index contributed by atoms with van der Waals surface area (Å²) in [6.45, 7) is 6.22.